The molecule has 8 nitrogen and oxygen atoms in total. The molecule has 0 aromatic rings. The normalized spacial score (nSPS) is 41.8. The molecule has 2 aliphatic rings. The first kappa shape index (κ1) is 12.3. The number of guanidine groups is 1. The van der Waals surface area contributed by atoms with E-state index in [1.807, 2.05) is 0 Å². The Morgan fingerprint density at radius 1 is 1.47 bits per heavy atom. The SMILES string of the molecule is NC1=NC([NH3+])C=CN1C1OC(CO)C(O)C1O. The fourth-order valence-corrected chi connectivity index (χ4v) is 1.87. The zero-order valence-corrected chi connectivity index (χ0v) is 9.18. The molecular formula is C9H17N4O4+. The van der Waals surface area contributed by atoms with Gasteiger partial charge in [0.15, 0.2) is 6.23 Å². The molecule has 17 heavy (non-hydrogen) atoms. The van der Waals surface area contributed by atoms with Crippen LogP contribution in [0.4, 0.5) is 0 Å². The van der Waals surface area contributed by atoms with Crippen molar-refractivity contribution >= 4 is 5.96 Å². The van der Waals surface area contributed by atoms with E-state index < -0.39 is 24.5 Å². The molecule has 0 aromatic carbocycles. The molecule has 5 atom stereocenters. The molecule has 8 N–H and O–H groups in total. The maximum absolute atomic E-state index is 9.81. The average Bonchev–Trinajstić information content (AvgIpc) is 2.57. The molecule has 0 aliphatic carbocycles. The monoisotopic (exact) mass is 245 g/mol. The highest BCUT2D eigenvalue weighted by molar-refractivity contribution is 5.80. The topological polar surface area (TPSA) is 139 Å². The Morgan fingerprint density at radius 2 is 2.18 bits per heavy atom. The van der Waals surface area contributed by atoms with Crippen LogP contribution in [-0.2, 0) is 4.74 Å². The summed E-state index contributed by atoms with van der Waals surface area (Å²) in [6.07, 6.45) is -0.979. The molecule has 2 rings (SSSR count). The maximum atomic E-state index is 9.81. The summed E-state index contributed by atoms with van der Waals surface area (Å²) < 4.78 is 5.32. The van der Waals surface area contributed by atoms with Crippen molar-refractivity contribution in [1.82, 2.24) is 4.90 Å². The molecule has 0 radical (unpaired) electrons. The van der Waals surface area contributed by atoms with Crippen molar-refractivity contribution in [2.75, 3.05) is 6.61 Å². The van der Waals surface area contributed by atoms with E-state index in [1.54, 1.807) is 12.3 Å². The molecule has 1 saturated heterocycles. The minimum absolute atomic E-state index is 0.155. The molecule has 0 aromatic heterocycles. The van der Waals surface area contributed by atoms with Gasteiger partial charge in [-0.3, -0.25) is 4.90 Å². The van der Waals surface area contributed by atoms with Gasteiger partial charge in [-0.2, -0.15) is 4.99 Å². The van der Waals surface area contributed by atoms with Crippen LogP contribution in [-0.4, -0.2) is 63.5 Å². The van der Waals surface area contributed by atoms with Crippen LogP contribution in [0, 0.1) is 0 Å². The second kappa shape index (κ2) is 4.59. The van der Waals surface area contributed by atoms with E-state index >= 15 is 0 Å². The second-order valence-corrected chi connectivity index (χ2v) is 4.03. The molecule has 2 aliphatic heterocycles. The van der Waals surface area contributed by atoms with Gasteiger partial charge in [-0.15, -0.1) is 0 Å². The lowest BCUT2D eigenvalue weighted by atomic mass is 10.1. The largest absolute Gasteiger partial charge is 0.394 e. The number of ether oxygens (including phenoxy) is 1. The van der Waals surface area contributed by atoms with Gasteiger partial charge in [-0.05, 0) is 0 Å². The van der Waals surface area contributed by atoms with Gasteiger partial charge in [-0.1, -0.05) is 0 Å². The van der Waals surface area contributed by atoms with Crippen LogP contribution in [0.3, 0.4) is 0 Å². The Kier molecular flexibility index (Phi) is 3.31. The van der Waals surface area contributed by atoms with Crippen molar-refractivity contribution in [3.05, 3.63) is 12.3 Å². The Hall–Kier alpha value is -1.19. The van der Waals surface area contributed by atoms with Crippen LogP contribution < -0.4 is 11.5 Å². The second-order valence-electron chi connectivity index (χ2n) is 4.03. The van der Waals surface area contributed by atoms with Gasteiger partial charge in [0.2, 0.25) is 12.1 Å². The van der Waals surface area contributed by atoms with E-state index in [0.717, 1.165) is 0 Å². The number of aliphatic hydroxyl groups is 3. The molecule has 8 heteroatoms. The number of quaternary nitrogens is 1. The summed E-state index contributed by atoms with van der Waals surface area (Å²) in [6.45, 7) is -0.374. The summed E-state index contributed by atoms with van der Waals surface area (Å²) in [5.74, 6) is 0.155. The van der Waals surface area contributed by atoms with Gasteiger partial charge in [-0.25, -0.2) is 0 Å². The molecule has 0 spiro atoms. The fourth-order valence-electron chi connectivity index (χ4n) is 1.87. The quantitative estimate of drug-likeness (QED) is 0.337. The number of aliphatic imine (C=N–C) groups is 1. The predicted octanol–water partition coefficient (Wildman–Crippen LogP) is -3.86. The minimum atomic E-state index is -1.16. The van der Waals surface area contributed by atoms with Gasteiger partial charge in [0.1, 0.15) is 18.3 Å². The summed E-state index contributed by atoms with van der Waals surface area (Å²) in [5, 5.41) is 28.4. The number of rotatable bonds is 2. The highest BCUT2D eigenvalue weighted by Crippen LogP contribution is 2.24. The van der Waals surface area contributed by atoms with Gasteiger partial charge in [0.25, 0.3) is 0 Å². The molecular weight excluding hydrogens is 228 g/mol. The summed E-state index contributed by atoms with van der Waals surface area (Å²) in [4.78, 5) is 5.41. The molecule has 0 bridgehead atoms. The zero-order chi connectivity index (χ0) is 12.6. The molecule has 0 saturated carbocycles. The minimum Gasteiger partial charge on any atom is -0.394 e. The Labute approximate surface area is 97.8 Å². The number of nitrogens with two attached hydrogens (primary N) is 1. The van der Waals surface area contributed by atoms with E-state index in [2.05, 4.69) is 10.7 Å². The maximum Gasteiger partial charge on any atom is 0.203 e. The Bertz CT molecular complexity index is 348. The van der Waals surface area contributed by atoms with E-state index in [4.69, 9.17) is 15.6 Å². The van der Waals surface area contributed by atoms with Crippen molar-refractivity contribution in [1.29, 1.82) is 0 Å². The van der Waals surface area contributed by atoms with Crippen LogP contribution in [0.15, 0.2) is 17.3 Å². The first-order valence-electron chi connectivity index (χ1n) is 5.30. The van der Waals surface area contributed by atoms with E-state index in [-0.39, 0.29) is 18.7 Å². The standard InChI is InChI=1S/C9H16N4O4/c10-5-1-2-13(9(11)12-5)8-7(16)6(15)4(3-14)17-8/h1-2,4-8,14-16H,3,10H2,(H2,11,12)/p+1. The van der Waals surface area contributed by atoms with Gasteiger partial charge >= 0.3 is 0 Å². The molecule has 2 heterocycles. The zero-order valence-electron chi connectivity index (χ0n) is 9.18. The number of hydrogen-bond donors (Lipinski definition) is 5. The third-order valence-electron chi connectivity index (χ3n) is 2.82. The van der Waals surface area contributed by atoms with Gasteiger partial charge in [0.05, 0.1) is 6.61 Å². The Morgan fingerprint density at radius 3 is 2.71 bits per heavy atom. The number of aliphatic hydroxyl groups excluding tert-OH is 3. The Balaban J connectivity index is 2.14. The number of hydrogen-bond acceptors (Lipinski definition) is 7. The predicted molar refractivity (Wildman–Crippen MR) is 57.0 cm³/mol. The van der Waals surface area contributed by atoms with Crippen molar-refractivity contribution in [3.63, 3.8) is 0 Å². The summed E-state index contributed by atoms with van der Waals surface area (Å²) in [7, 11) is 0. The van der Waals surface area contributed by atoms with Crippen LogP contribution in [0.1, 0.15) is 0 Å². The van der Waals surface area contributed by atoms with E-state index in [9.17, 15) is 10.2 Å². The third-order valence-corrected chi connectivity index (χ3v) is 2.82. The molecule has 96 valence electrons. The lowest BCUT2D eigenvalue weighted by Crippen LogP contribution is -2.62. The van der Waals surface area contributed by atoms with Crippen LogP contribution in [0.2, 0.25) is 0 Å². The fraction of sp³-hybridized carbons (Fsp3) is 0.667. The smallest absolute Gasteiger partial charge is 0.203 e. The van der Waals surface area contributed by atoms with Crippen molar-refractivity contribution in [2.45, 2.75) is 30.7 Å². The highest BCUT2D eigenvalue weighted by Gasteiger charge is 2.45. The molecule has 0 amide bonds. The summed E-state index contributed by atoms with van der Waals surface area (Å²) >= 11 is 0. The summed E-state index contributed by atoms with van der Waals surface area (Å²) in [5.41, 5.74) is 9.39. The third kappa shape index (κ3) is 2.13. The lowest BCUT2D eigenvalue weighted by Gasteiger charge is -2.30. The van der Waals surface area contributed by atoms with Crippen LogP contribution in [0.25, 0.3) is 0 Å². The van der Waals surface area contributed by atoms with E-state index in [0.29, 0.717) is 0 Å². The van der Waals surface area contributed by atoms with Crippen LogP contribution >= 0.6 is 0 Å². The lowest BCUT2D eigenvalue weighted by molar-refractivity contribution is -0.401. The number of nitrogens with zero attached hydrogens (tertiary/aromatic N) is 2. The summed E-state index contributed by atoms with van der Waals surface area (Å²) in [6, 6.07) is 0. The van der Waals surface area contributed by atoms with Crippen molar-refractivity contribution in [2.24, 2.45) is 10.7 Å². The average molecular weight is 245 g/mol. The molecule has 5 unspecified atom stereocenters. The van der Waals surface area contributed by atoms with Gasteiger partial charge < -0.3 is 31.5 Å². The van der Waals surface area contributed by atoms with Gasteiger partial charge in [0, 0.05) is 12.3 Å². The van der Waals surface area contributed by atoms with E-state index in [1.165, 1.54) is 4.90 Å². The van der Waals surface area contributed by atoms with Crippen LogP contribution in [0.5, 0.6) is 0 Å². The van der Waals surface area contributed by atoms with Crippen molar-refractivity contribution < 1.29 is 25.8 Å². The first-order valence-corrected chi connectivity index (χ1v) is 5.30. The van der Waals surface area contributed by atoms with Crippen molar-refractivity contribution in [3.8, 4) is 0 Å². The molecule has 1 fully saturated rings. The highest BCUT2D eigenvalue weighted by atomic mass is 16.6. The first-order chi connectivity index (χ1) is 8.04.